The summed E-state index contributed by atoms with van der Waals surface area (Å²) in [5.41, 5.74) is 5.16. The van der Waals surface area contributed by atoms with Gasteiger partial charge < -0.3 is 20.0 Å². The van der Waals surface area contributed by atoms with Crippen molar-refractivity contribution in [1.29, 1.82) is 0 Å². The Morgan fingerprint density at radius 2 is 2.00 bits per heavy atom. The number of nitrogens with two attached hydrogens (primary N) is 1. The van der Waals surface area contributed by atoms with Gasteiger partial charge >= 0.3 is 5.97 Å². The van der Waals surface area contributed by atoms with E-state index in [0.29, 0.717) is 5.75 Å². The predicted octanol–water partition coefficient (Wildman–Crippen LogP) is -0.760. The van der Waals surface area contributed by atoms with E-state index in [2.05, 4.69) is 10.0 Å². The number of amides is 1. The molecule has 1 aromatic rings. The number of esters is 1. The van der Waals surface area contributed by atoms with E-state index in [1.54, 1.807) is 37.3 Å². The average Bonchev–Trinajstić information content (AvgIpc) is 2.52. The van der Waals surface area contributed by atoms with Gasteiger partial charge in [-0.05, 0) is 19.1 Å². The second-order valence-electron chi connectivity index (χ2n) is 4.06. The molecule has 0 aromatic heterocycles. The maximum atomic E-state index is 11.9. The molecule has 0 aliphatic rings. The van der Waals surface area contributed by atoms with Crippen LogP contribution in [0.15, 0.2) is 30.3 Å². The summed E-state index contributed by atoms with van der Waals surface area (Å²) in [6.45, 7) is 1.48. The molecule has 1 amide bonds. The van der Waals surface area contributed by atoms with E-state index in [1.807, 2.05) is 0 Å². The van der Waals surface area contributed by atoms with Crippen molar-refractivity contribution < 1.29 is 22.7 Å². The number of nitrogens with one attached hydrogen (secondary N) is 2. The van der Waals surface area contributed by atoms with Crippen molar-refractivity contribution in [2.24, 2.45) is 5.73 Å². The molecular formula is C13H19N3O5S. The van der Waals surface area contributed by atoms with Crippen molar-refractivity contribution in [3.8, 4) is 5.75 Å². The van der Waals surface area contributed by atoms with Gasteiger partial charge in [0.05, 0.1) is 13.2 Å². The molecule has 0 aliphatic heterocycles. The lowest BCUT2D eigenvalue weighted by Gasteiger charge is -2.16. The van der Waals surface area contributed by atoms with E-state index in [0.717, 1.165) is 0 Å². The van der Waals surface area contributed by atoms with Crippen LogP contribution in [-0.2, 0) is 25.6 Å². The first-order valence-electron chi connectivity index (χ1n) is 6.61. The molecule has 0 fully saturated rings. The zero-order chi connectivity index (χ0) is 16.4. The first-order valence-corrected chi connectivity index (χ1v) is 7.69. The molecule has 0 heterocycles. The smallest absolute Gasteiger partial charge is 0.326 e. The molecule has 1 rings (SSSR count). The molecule has 9 heteroatoms. The Kier molecular flexibility index (Phi) is 8.11. The fourth-order valence-electron chi connectivity index (χ4n) is 1.41. The first-order chi connectivity index (χ1) is 10.6. The number of ether oxygens (including phenoxy) is 1. The second-order valence-corrected chi connectivity index (χ2v) is 4.93. The third-order valence-electron chi connectivity index (χ3n) is 2.41. The Balaban J connectivity index is 2.60. The molecule has 4 N–H and O–H groups in total. The van der Waals surface area contributed by atoms with Crippen molar-refractivity contribution in [2.45, 2.75) is 13.0 Å². The van der Waals surface area contributed by atoms with Gasteiger partial charge in [-0.15, -0.1) is 0 Å². The molecule has 8 nitrogen and oxygen atoms in total. The Morgan fingerprint density at radius 1 is 1.32 bits per heavy atom. The fourth-order valence-corrected chi connectivity index (χ4v) is 2.15. The van der Waals surface area contributed by atoms with Gasteiger partial charge in [-0.3, -0.25) is 9.59 Å². The highest BCUT2D eigenvalue weighted by Gasteiger charge is 2.23. The molecule has 0 radical (unpaired) electrons. The van der Waals surface area contributed by atoms with Crippen molar-refractivity contribution in [3.63, 3.8) is 0 Å². The molecular weight excluding hydrogens is 310 g/mol. The van der Waals surface area contributed by atoms with E-state index < -0.39 is 29.2 Å². The van der Waals surface area contributed by atoms with Gasteiger partial charge in [-0.25, -0.2) is 0 Å². The summed E-state index contributed by atoms with van der Waals surface area (Å²) in [5.74, 6) is -0.711. The lowest BCUT2D eigenvalue weighted by Crippen LogP contribution is -2.49. The van der Waals surface area contributed by atoms with Crippen molar-refractivity contribution in [2.75, 3.05) is 19.7 Å². The summed E-state index contributed by atoms with van der Waals surface area (Å²) in [4.78, 5) is 22.9. The number of hydrogen-bond donors (Lipinski definition) is 3. The van der Waals surface area contributed by atoms with Crippen LogP contribution in [0.1, 0.15) is 6.92 Å². The van der Waals surface area contributed by atoms with Gasteiger partial charge in [0, 0.05) is 6.54 Å². The van der Waals surface area contributed by atoms with Crippen molar-refractivity contribution >= 4 is 23.1 Å². The van der Waals surface area contributed by atoms with E-state index in [4.69, 9.17) is 14.7 Å². The Hall–Kier alpha value is -1.97. The van der Waals surface area contributed by atoms with Crippen LogP contribution in [0.3, 0.4) is 0 Å². The van der Waals surface area contributed by atoms with Crippen LogP contribution in [0, 0.1) is 0 Å². The van der Waals surface area contributed by atoms with Crippen LogP contribution >= 0.6 is 0 Å². The molecule has 22 heavy (non-hydrogen) atoms. The Labute approximate surface area is 131 Å². The SMILES string of the molecule is CCOC(=O)C(CNC(=O)CN)NS(=O)Oc1ccccc1. The third kappa shape index (κ3) is 6.66. The van der Waals surface area contributed by atoms with E-state index in [-0.39, 0.29) is 19.7 Å². The largest absolute Gasteiger partial charge is 0.465 e. The van der Waals surface area contributed by atoms with Crippen LogP contribution in [0.2, 0.25) is 0 Å². The van der Waals surface area contributed by atoms with Gasteiger partial charge in [0.1, 0.15) is 11.8 Å². The maximum absolute atomic E-state index is 11.9. The van der Waals surface area contributed by atoms with Crippen LogP contribution in [0.25, 0.3) is 0 Å². The minimum atomic E-state index is -1.98. The average molecular weight is 329 g/mol. The van der Waals surface area contributed by atoms with Gasteiger partial charge in [0.2, 0.25) is 5.91 Å². The van der Waals surface area contributed by atoms with Crippen LogP contribution in [0.4, 0.5) is 0 Å². The summed E-state index contributed by atoms with van der Waals surface area (Å²) in [7, 11) is 0. The summed E-state index contributed by atoms with van der Waals surface area (Å²) >= 11 is -1.98. The Morgan fingerprint density at radius 3 is 2.59 bits per heavy atom. The number of hydrogen-bond acceptors (Lipinski definition) is 6. The number of carbonyl (C=O) groups excluding carboxylic acids is 2. The molecule has 0 bridgehead atoms. The number of rotatable bonds is 9. The van der Waals surface area contributed by atoms with Gasteiger partial charge in [-0.2, -0.15) is 8.93 Å². The van der Waals surface area contributed by atoms with Crippen molar-refractivity contribution in [3.05, 3.63) is 30.3 Å². The molecule has 0 saturated carbocycles. The standard InChI is InChI=1S/C13H19N3O5S/c1-2-20-13(18)11(9-15-12(17)8-14)16-22(19)21-10-6-4-3-5-7-10/h3-7,11,16H,2,8-9,14H2,1H3,(H,15,17). The third-order valence-corrected chi connectivity index (χ3v) is 3.23. The molecule has 1 aromatic carbocycles. The van der Waals surface area contributed by atoms with Crippen LogP contribution in [-0.4, -0.2) is 41.8 Å². The summed E-state index contributed by atoms with van der Waals surface area (Å²) < 4.78 is 24.3. The van der Waals surface area contributed by atoms with Gasteiger partial charge in [-0.1, -0.05) is 18.2 Å². The summed E-state index contributed by atoms with van der Waals surface area (Å²) in [5, 5.41) is 2.42. The zero-order valence-corrected chi connectivity index (χ0v) is 12.9. The highest BCUT2D eigenvalue weighted by molar-refractivity contribution is 7.78. The zero-order valence-electron chi connectivity index (χ0n) is 12.1. The van der Waals surface area contributed by atoms with Gasteiger partial charge in [0.15, 0.2) is 0 Å². The highest BCUT2D eigenvalue weighted by atomic mass is 32.2. The van der Waals surface area contributed by atoms with E-state index in [1.165, 1.54) is 0 Å². The Bertz CT molecular complexity index is 512. The predicted molar refractivity (Wildman–Crippen MR) is 80.8 cm³/mol. The summed E-state index contributed by atoms with van der Waals surface area (Å²) in [6.07, 6.45) is 0. The minimum absolute atomic E-state index is 0.112. The minimum Gasteiger partial charge on any atom is -0.465 e. The fraction of sp³-hybridized carbons (Fsp3) is 0.385. The molecule has 2 unspecified atom stereocenters. The normalized spacial score (nSPS) is 13.0. The van der Waals surface area contributed by atoms with E-state index >= 15 is 0 Å². The number of carbonyl (C=O) groups is 2. The topological polar surface area (TPSA) is 120 Å². The first kappa shape index (κ1) is 18.1. The van der Waals surface area contributed by atoms with Crippen LogP contribution < -0.4 is 20.0 Å². The lowest BCUT2D eigenvalue weighted by molar-refractivity contribution is -0.145. The lowest BCUT2D eigenvalue weighted by atomic mass is 10.3. The monoisotopic (exact) mass is 329 g/mol. The molecule has 0 aliphatic carbocycles. The van der Waals surface area contributed by atoms with E-state index in [9.17, 15) is 13.8 Å². The molecule has 0 saturated heterocycles. The summed E-state index contributed by atoms with van der Waals surface area (Å²) in [6, 6.07) is 7.45. The van der Waals surface area contributed by atoms with Crippen LogP contribution in [0.5, 0.6) is 5.75 Å². The molecule has 2 atom stereocenters. The quantitative estimate of drug-likeness (QED) is 0.512. The molecule has 122 valence electrons. The molecule has 0 spiro atoms. The number of benzene rings is 1. The van der Waals surface area contributed by atoms with Crippen molar-refractivity contribution in [1.82, 2.24) is 10.0 Å². The highest BCUT2D eigenvalue weighted by Crippen LogP contribution is 2.09. The number of para-hydroxylation sites is 1. The maximum Gasteiger partial charge on any atom is 0.326 e. The van der Waals surface area contributed by atoms with Gasteiger partial charge in [0.25, 0.3) is 11.3 Å². The second kappa shape index (κ2) is 9.87.